The highest BCUT2D eigenvalue weighted by Crippen LogP contribution is 2.26. The largest absolute Gasteiger partial charge is 0.412 e. The number of Topliss-reactive ketones (excluding diaryl/α,β-unsaturated/α-hetero) is 1. The second-order valence-electron chi connectivity index (χ2n) is 4.98. The van der Waals surface area contributed by atoms with Gasteiger partial charge in [0.2, 0.25) is 5.89 Å². The Morgan fingerprint density at radius 3 is 2.62 bits per heavy atom. The van der Waals surface area contributed by atoms with E-state index in [9.17, 15) is 9.59 Å². The average molecular weight is 342 g/mol. The molecule has 1 N–H and O–H groups in total. The third kappa shape index (κ3) is 3.33. The Kier molecular flexibility index (Phi) is 4.39. The number of nitrogens with one attached hydrogen (secondary N) is 1. The van der Waals surface area contributed by atoms with Crippen molar-refractivity contribution in [3.05, 3.63) is 65.0 Å². The van der Waals surface area contributed by atoms with E-state index in [1.54, 1.807) is 48.5 Å². The van der Waals surface area contributed by atoms with Crippen LogP contribution in [0.5, 0.6) is 0 Å². The van der Waals surface area contributed by atoms with E-state index in [2.05, 4.69) is 15.5 Å². The van der Waals surface area contributed by atoms with Crippen LogP contribution in [0.15, 0.2) is 52.9 Å². The zero-order valence-electron chi connectivity index (χ0n) is 12.6. The number of aromatic nitrogens is 2. The molecular weight excluding hydrogens is 330 g/mol. The van der Waals surface area contributed by atoms with Crippen molar-refractivity contribution < 1.29 is 14.0 Å². The van der Waals surface area contributed by atoms with E-state index in [-0.39, 0.29) is 17.6 Å². The zero-order chi connectivity index (χ0) is 17.1. The van der Waals surface area contributed by atoms with E-state index >= 15 is 0 Å². The van der Waals surface area contributed by atoms with Gasteiger partial charge < -0.3 is 9.73 Å². The lowest BCUT2D eigenvalue weighted by atomic mass is 10.1. The number of hydrogen-bond donors (Lipinski definition) is 1. The number of carbonyl (C=O) groups excluding carboxylic acids is 2. The quantitative estimate of drug-likeness (QED) is 0.728. The zero-order valence-corrected chi connectivity index (χ0v) is 13.4. The molecule has 1 aromatic heterocycles. The number of anilines is 1. The van der Waals surface area contributed by atoms with Gasteiger partial charge in [0, 0.05) is 11.3 Å². The smallest absolute Gasteiger partial charge is 0.313 e. The lowest BCUT2D eigenvalue weighted by Crippen LogP contribution is -2.12. The van der Waals surface area contributed by atoms with Crippen molar-refractivity contribution in [1.29, 1.82) is 0 Å². The summed E-state index contributed by atoms with van der Waals surface area (Å²) in [6.45, 7) is 1.45. The standard InChI is InChI=1S/C17H12ClN3O3/c1-10(22)11-5-4-6-12(9-11)19-15(23)17-21-20-16(24-17)13-7-2-3-8-14(13)18/h2-9H,1H3,(H,19,23). The van der Waals surface area contributed by atoms with Crippen molar-refractivity contribution in [3.8, 4) is 11.5 Å². The maximum Gasteiger partial charge on any atom is 0.313 e. The molecule has 2 aromatic carbocycles. The highest BCUT2D eigenvalue weighted by Gasteiger charge is 2.17. The minimum atomic E-state index is -0.568. The van der Waals surface area contributed by atoms with Crippen LogP contribution in [0, 0.1) is 0 Å². The van der Waals surface area contributed by atoms with Gasteiger partial charge in [-0.15, -0.1) is 10.2 Å². The summed E-state index contributed by atoms with van der Waals surface area (Å²) in [5.74, 6) is -0.701. The molecule has 120 valence electrons. The summed E-state index contributed by atoms with van der Waals surface area (Å²) in [6, 6.07) is 13.5. The number of carbonyl (C=O) groups is 2. The maximum atomic E-state index is 12.2. The maximum absolute atomic E-state index is 12.2. The van der Waals surface area contributed by atoms with Crippen LogP contribution < -0.4 is 5.32 Å². The van der Waals surface area contributed by atoms with Gasteiger partial charge in [-0.25, -0.2) is 0 Å². The van der Waals surface area contributed by atoms with E-state index in [0.717, 1.165) is 0 Å². The van der Waals surface area contributed by atoms with E-state index in [1.807, 2.05) is 0 Å². The van der Waals surface area contributed by atoms with Gasteiger partial charge in [-0.1, -0.05) is 35.9 Å². The first-order valence-corrected chi connectivity index (χ1v) is 7.43. The van der Waals surface area contributed by atoms with Crippen molar-refractivity contribution >= 4 is 29.0 Å². The molecule has 0 aliphatic carbocycles. The average Bonchev–Trinajstić information content (AvgIpc) is 3.05. The number of amides is 1. The minimum Gasteiger partial charge on any atom is -0.412 e. The number of benzene rings is 2. The molecule has 24 heavy (non-hydrogen) atoms. The summed E-state index contributed by atoms with van der Waals surface area (Å²) in [5.41, 5.74) is 1.50. The second kappa shape index (κ2) is 6.64. The van der Waals surface area contributed by atoms with E-state index in [0.29, 0.717) is 21.8 Å². The number of hydrogen-bond acceptors (Lipinski definition) is 5. The SMILES string of the molecule is CC(=O)c1cccc(NC(=O)c2nnc(-c3ccccc3Cl)o2)c1. The molecule has 0 aliphatic heterocycles. The lowest BCUT2D eigenvalue weighted by Gasteiger charge is -2.03. The van der Waals surface area contributed by atoms with E-state index in [4.69, 9.17) is 16.0 Å². The van der Waals surface area contributed by atoms with Crippen LogP contribution in [0.2, 0.25) is 5.02 Å². The minimum absolute atomic E-state index is 0.0927. The van der Waals surface area contributed by atoms with Crippen molar-refractivity contribution in [2.24, 2.45) is 0 Å². The van der Waals surface area contributed by atoms with Gasteiger partial charge in [0.1, 0.15) is 0 Å². The van der Waals surface area contributed by atoms with Gasteiger partial charge in [0.05, 0.1) is 10.6 Å². The topological polar surface area (TPSA) is 85.1 Å². The van der Waals surface area contributed by atoms with Crippen LogP contribution in [-0.2, 0) is 0 Å². The van der Waals surface area contributed by atoms with Crippen LogP contribution in [0.25, 0.3) is 11.5 Å². The first kappa shape index (κ1) is 15.9. The van der Waals surface area contributed by atoms with Gasteiger partial charge >= 0.3 is 11.8 Å². The normalized spacial score (nSPS) is 10.4. The molecule has 0 saturated heterocycles. The Morgan fingerprint density at radius 2 is 1.88 bits per heavy atom. The summed E-state index contributed by atoms with van der Waals surface area (Å²) in [4.78, 5) is 23.6. The predicted molar refractivity (Wildman–Crippen MR) is 89.1 cm³/mol. The third-order valence-electron chi connectivity index (χ3n) is 3.25. The van der Waals surface area contributed by atoms with Crippen LogP contribution in [0.3, 0.4) is 0 Å². The number of ketones is 1. The van der Waals surface area contributed by atoms with E-state index in [1.165, 1.54) is 6.92 Å². The summed E-state index contributed by atoms with van der Waals surface area (Å²) in [5, 5.41) is 10.6. The molecule has 6 nitrogen and oxygen atoms in total. The van der Waals surface area contributed by atoms with Crippen LogP contribution in [0.4, 0.5) is 5.69 Å². The monoisotopic (exact) mass is 341 g/mol. The van der Waals surface area contributed by atoms with Gasteiger partial charge in [0.15, 0.2) is 5.78 Å². The Bertz CT molecular complexity index is 921. The molecule has 3 rings (SSSR count). The first-order valence-electron chi connectivity index (χ1n) is 7.05. The molecule has 0 fully saturated rings. The fourth-order valence-corrected chi connectivity index (χ4v) is 2.28. The van der Waals surface area contributed by atoms with Crippen molar-refractivity contribution in [3.63, 3.8) is 0 Å². The summed E-state index contributed by atoms with van der Waals surface area (Å²) in [7, 11) is 0. The second-order valence-corrected chi connectivity index (χ2v) is 5.39. The van der Waals surface area contributed by atoms with Gasteiger partial charge in [-0.3, -0.25) is 9.59 Å². The number of rotatable bonds is 4. The fraction of sp³-hybridized carbons (Fsp3) is 0.0588. The van der Waals surface area contributed by atoms with Gasteiger partial charge in [-0.05, 0) is 31.2 Å². The van der Waals surface area contributed by atoms with Crippen molar-refractivity contribution in [2.75, 3.05) is 5.32 Å². The summed E-state index contributed by atoms with van der Waals surface area (Å²) in [6.07, 6.45) is 0. The number of nitrogens with zero attached hydrogens (tertiary/aromatic N) is 2. The molecule has 7 heteroatoms. The molecule has 0 bridgehead atoms. The molecule has 1 heterocycles. The summed E-state index contributed by atoms with van der Waals surface area (Å²) < 4.78 is 5.38. The van der Waals surface area contributed by atoms with Crippen LogP contribution >= 0.6 is 11.6 Å². The molecule has 0 unspecified atom stereocenters. The van der Waals surface area contributed by atoms with Gasteiger partial charge in [-0.2, -0.15) is 0 Å². The molecule has 3 aromatic rings. The van der Waals surface area contributed by atoms with E-state index < -0.39 is 5.91 Å². The van der Waals surface area contributed by atoms with Crippen LogP contribution in [-0.4, -0.2) is 21.9 Å². The van der Waals surface area contributed by atoms with Crippen molar-refractivity contribution in [2.45, 2.75) is 6.92 Å². The molecule has 0 atom stereocenters. The fourth-order valence-electron chi connectivity index (χ4n) is 2.06. The highest BCUT2D eigenvalue weighted by atomic mass is 35.5. The Labute approximate surface area is 142 Å². The third-order valence-corrected chi connectivity index (χ3v) is 3.58. The Balaban J connectivity index is 1.81. The predicted octanol–water partition coefficient (Wildman–Crippen LogP) is 3.84. The Morgan fingerprint density at radius 1 is 1.08 bits per heavy atom. The lowest BCUT2D eigenvalue weighted by molar-refractivity contribution is 0.0987. The molecule has 1 amide bonds. The van der Waals surface area contributed by atoms with Crippen molar-refractivity contribution in [1.82, 2.24) is 10.2 Å². The summed E-state index contributed by atoms with van der Waals surface area (Å²) >= 11 is 6.06. The molecular formula is C17H12ClN3O3. The Hall–Kier alpha value is -2.99. The van der Waals surface area contributed by atoms with Crippen LogP contribution in [0.1, 0.15) is 28.0 Å². The van der Waals surface area contributed by atoms with Gasteiger partial charge in [0.25, 0.3) is 0 Å². The molecule has 0 spiro atoms. The first-order chi connectivity index (χ1) is 11.5. The molecule has 0 saturated carbocycles. The number of halogens is 1. The highest BCUT2D eigenvalue weighted by molar-refractivity contribution is 6.33. The molecule has 0 aliphatic rings. The molecule has 0 radical (unpaired) electrons.